The minimum Gasteiger partial charge on any atom is -0.299 e. The molecular formula is C24H25NO. The quantitative estimate of drug-likeness (QED) is 0.661. The average Bonchev–Trinajstić information content (AvgIpc) is 2.60. The van der Waals surface area contributed by atoms with Crippen molar-refractivity contribution in [3.05, 3.63) is 70.3 Å². The summed E-state index contributed by atoms with van der Waals surface area (Å²) in [4.78, 5) is 12.7. The number of hydrogen-bond acceptors (Lipinski definition) is 2. The predicted octanol–water partition coefficient (Wildman–Crippen LogP) is 5.65. The third-order valence-corrected chi connectivity index (χ3v) is 5.60. The molecule has 3 rings (SSSR count). The summed E-state index contributed by atoms with van der Waals surface area (Å²) < 4.78 is 0. The molecule has 26 heavy (non-hydrogen) atoms. The van der Waals surface area contributed by atoms with Crippen molar-refractivity contribution in [2.75, 3.05) is 0 Å². The molecule has 0 aliphatic heterocycles. The van der Waals surface area contributed by atoms with Gasteiger partial charge in [-0.2, -0.15) is 5.26 Å². The van der Waals surface area contributed by atoms with E-state index in [0.29, 0.717) is 17.8 Å². The van der Waals surface area contributed by atoms with Gasteiger partial charge < -0.3 is 0 Å². The fraction of sp³-hybridized carbons (Fsp3) is 0.333. The van der Waals surface area contributed by atoms with E-state index >= 15 is 0 Å². The van der Waals surface area contributed by atoms with E-state index in [2.05, 4.69) is 51.1 Å². The molecule has 1 aliphatic rings. The SMILES string of the molecule is C/C(=C\c1ccc(C#N)cc1)c1ccc2c(c1)C(C)(C)C(=O)CC2(C)C. The maximum atomic E-state index is 12.7. The monoisotopic (exact) mass is 343 g/mol. The Morgan fingerprint density at radius 2 is 1.69 bits per heavy atom. The number of Topliss-reactive ketones (excluding diaryl/α,β-unsaturated/α-hetero) is 1. The lowest BCUT2D eigenvalue weighted by atomic mass is 9.62. The zero-order chi connectivity index (χ0) is 19.1. The van der Waals surface area contributed by atoms with Crippen LogP contribution in [0.4, 0.5) is 0 Å². The van der Waals surface area contributed by atoms with Crippen molar-refractivity contribution >= 4 is 17.4 Å². The van der Waals surface area contributed by atoms with Crippen LogP contribution in [0.25, 0.3) is 11.6 Å². The summed E-state index contributed by atoms with van der Waals surface area (Å²) >= 11 is 0. The van der Waals surface area contributed by atoms with Gasteiger partial charge in [-0.3, -0.25) is 4.79 Å². The molecule has 0 N–H and O–H groups in total. The molecule has 2 aromatic carbocycles. The van der Waals surface area contributed by atoms with E-state index in [4.69, 9.17) is 5.26 Å². The molecule has 2 aromatic rings. The highest BCUT2D eigenvalue weighted by Gasteiger charge is 2.43. The molecule has 0 amide bonds. The largest absolute Gasteiger partial charge is 0.299 e. The highest BCUT2D eigenvalue weighted by Crippen LogP contribution is 2.44. The van der Waals surface area contributed by atoms with Crippen molar-refractivity contribution in [1.29, 1.82) is 5.26 Å². The Balaban J connectivity index is 2.05. The molecule has 0 bridgehead atoms. The van der Waals surface area contributed by atoms with E-state index in [0.717, 1.165) is 22.3 Å². The second-order valence-electron chi connectivity index (χ2n) is 8.43. The Labute approximate surface area is 156 Å². The van der Waals surface area contributed by atoms with Gasteiger partial charge in [0, 0.05) is 11.8 Å². The van der Waals surface area contributed by atoms with Crippen LogP contribution < -0.4 is 0 Å². The van der Waals surface area contributed by atoms with Gasteiger partial charge in [-0.1, -0.05) is 50.3 Å². The van der Waals surface area contributed by atoms with Crippen LogP contribution in [-0.4, -0.2) is 5.78 Å². The molecule has 132 valence electrons. The number of nitrogens with zero attached hydrogens (tertiary/aromatic N) is 1. The topological polar surface area (TPSA) is 40.9 Å². The number of nitriles is 1. The van der Waals surface area contributed by atoms with E-state index in [1.807, 2.05) is 38.1 Å². The van der Waals surface area contributed by atoms with Crippen LogP contribution in [0.3, 0.4) is 0 Å². The number of benzene rings is 2. The number of ketones is 1. The van der Waals surface area contributed by atoms with Crippen molar-refractivity contribution < 1.29 is 4.79 Å². The van der Waals surface area contributed by atoms with Gasteiger partial charge in [0.2, 0.25) is 0 Å². The van der Waals surface area contributed by atoms with Crippen LogP contribution in [-0.2, 0) is 15.6 Å². The number of allylic oxidation sites excluding steroid dienone is 1. The first-order valence-corrected chi connectivity index (χ1v) is 9.02. The third kappa shape index (κ3) is 3.10. The maximum Gasteiger partial charge on any atom is 0.143 e. The summed E-state index contributed by atoms with van der Waals surface area (Å²) in [5.41, 5.74) is 5.85. The summed E-state index contributed by atoms with van der Waals surface area (Å²) in [6, 6.07) is 16.2. The predicted molar refractivity (Wildman–Crippen MR) is 107 cm³/mol. The zero-order valence-electron chi connectivity index (χ0n) is 16.2. The Morgan fingerprint density at radius 1 is 1.04 bits per heavy atom. The highest BCUT2D eigenvalue weighted by atomic mass is 16.1. The van der Waals surface area contributed by atoms with Crippen LogP contribution in [0, 0.1) is 11.3 Å². The second kappa shape index (κ2) is 6.25. The smallest absolute Gasteiger partial charge is 0.143 e. The van der Waals surface area contributed by atoms with Gasteiger partial charge in [0.15, 0.2) is 0 Å². The minimum absolute atomic E-state index is 0.120. The Bertz CT molecular complexity index is 937. The molecule has 2 heteroatoms. The summed E-state index contributed by atoms with van der Waals surface area (Å²) in [5, 5.41) is 8.92. The number of fused-ring (bicyclic) bond motifs is 1. The first-order valence-electron chi connectivity index (χ1n) is 9.02. The van der Waals surface area contributed by atoms with E-state index in [-0.39, 0.29) is 5.41 Å². The third-order valence-electron chi connectivity index (χ3n) is 5.60. The molecule has 2 nitrogen and oxygen atoms in total. The first kappa shape index (κ1) is 18.1. The molecule has 0 heterocycles. The Hall–Kier alpha value is -2.66. The lowest BCUT2D eigenvalue weighted by Crippen LogP contribution is -2.42. The molecule has 0 radical (unpaired) electrons. The van der Waals surface area contributed by atoms with Crippen molar-refractivity contribution in [3.8, 4) is 6.07 Å². The van der Waals surface area contributed by atoms with Crippen LogP contribution in [0.1, 0.15) is 68.9 Å². The van der Waals surface area contributed by atoms with Crippen molar-refractivity contribution in [2.45, 2.75) is 51.9 Å². The molecule has 0 spiro atoms. The fourth-order valence-corrected chi connectivity index (χ4v) is 3.75. The summed E-state index contributed by atoms with van der Waals surface area (Å²) in [6.07, 6.45) is 2.71. The number of hydrogen-bond donors (Lipinski definition) is 0. The highest BCUT2D eigenvalue weighted by molar-refractivity contribution is 5.93. The molecule has 1 aliphatic carbocycles. The van der Waals surface area contributed by atoms with Crippen LogP contribution in [0.5, 0.6) is 0 Å². The summed E-state index contributed by atoms with van der Waals surface area (Å²) in [7, 11) is 0. The summed E-state index contributed by atoms with van der Waals surface area (Å²) in [6.45, 7) is 10.5. The van der Waals surface area contributed by atoms with Crippen LogP contribution >= 0.6 is 0 Å². The van der Waals surface area contributed by atoms with Crippen LogP contribution in [0.2, 0.25) is 0 Å². The normalized spacial score (nSPS) is 18.2. The maximum absolute atomic E-state index is 12.7. The van der Waals surface area contributed by atoms with Gasteiger partial charge in [0.05, 0.1) is 11.6 Å². The zero-order valence-corrected chi connectivity index (χ0v) is 16.2. The van der Waals surface area contributed by atoms with Gasteiger partial charge in [0.25, 0.3) is 0 Å². The fourth-order valence-electron chi connectivity index (χ4n) is 3.75. The van der Waals surface area contributed by atoms with E-state index in [1.54, 1.807) is 0 Å². The lowest BCUT2D eigenvalue weighted by Gasteiger charge is -2.40. The standard InChI is InChI=1S/C24H25NO/c1-16(12-17-6-8-18(15-25)9-7-17)19-10-11-20-21(13-19)24(4,5)22(26)14-23(20,2)3/h6-13H,14H2,1-5H3/b16-12+. The number of carbonyl (C=O) groups excluding carboxylic acids is 1. The minimum atomic E-state index is -0.449. The molecule has 0 aromatic heterocycles. The van der Waals surface area contributed by atoms with E-state index in [1.165, 1.54) is 5.56 Å². The van der Waals surface area contributed by atoms with Gasteiger partial charge >= 0.3 is 0 Å². The molecule has 0 fully saturated rings. The van der Waals surface area contributed by atoms with Gasteiger partial charge in [0.1, 0.15) is 5.78 Å². The van der Waals surface area contributed by atoms with E-state index < -0.39 is 5.41 Å². The van der Waals surface area contributed by atoms with Crippen molar-refractivity contribution in [3.63, 3.8) is 0 Å². The van der Waals surface area contributed by atoms with Gasteiger partial charge in [-0.15, -0.1) is 0 Å². The molecule has 0 saturated carbocycles. The Morgan fingerprint density at radius 3 is 2.31 bits per heavy atom. The summed E-state index contributed by atoms with van der Waals surface area (Å²) in [5.74, 6) is 0.306. The molecule has 0 saturated heterocycles. The molecule has 0 atom stereocenters. The van der Waals surface area contributed by atoms with E-state index in [9.17, 15) is 4.79 Å². The molecular weight excluding hydrogens is 318 g/mol. The van der Waals surface area contributed by atoms with Gasteiger partial charge in [-0.05, 0) is 66.1 Å². The number of rotatable bonds is 2. The number of carbonyl (C=O) groups is 1. The second-order valence-corrected chi connectivity index (χ2v) is 8.43. The molecule has 0 unspecified atom stereocenters. The average molecular weight is 343 g/mol. The Kier molecular flexibility index (Phi) is 4.36. The van der Waals surface area contributed by atoms with Gasteiger partial charge in [-0.25, -0.2) is 0 Å². The van der Waals surface area contributed by atoms with Crippen molar-refractivity contribution in [1.82, 2.24) is 0 Å². The van der Waals surface area contributed by atoms with Crippen molar-refractivity contribution in [2.24, 2.45) is 0 Å². The first-order chi connectivity index (χ1) is 12.1. The lowest BCUT2D eigenvalue weighted by molar-refractivity contribution is -0.125. The van der Waals surface area contributed by atoms with Crippen LogP contribution in [0.15, 0.2) is 42.5 Å².